The normalized spacial score (nSPS) is 10.7. The van der Waals surface area contributed by atoms with E-state index in [4.69, 9.17) is 0 Å². The zero-order valence-corrected chi connectivity index (χ0v) is 9.15. The van der Waals surface area contributed by atoms with Crippen molar-refractivity contribution in [1.82, 2.24) is 14.5 Å². The van der Waals surface area contributed by atoms with Crippen molar-refractivity contribution in [1.29, 1.82) is 0 Å². The molecule has 5 heteroatoms. The summed E-state index contributed by atoms with van der Waals surface area (Å²) in [6, 6.07) is 0. The predicted octanol–water partition coefficient (Wildman–Crippen LogP) is 1.57. The number of hydrogen-bond acceptors (Lipinski definition) is 3. The first-order valence-electron chi connectivity index (χ1n) is 4.22. The van der Waals surface area contributed by atoms with Crippen LogP contribution in [0.15, 0.2) is 28.0 Å². The van der Waals surface area contributed by atoms with Gasteiger partial charge in [0.05, 0.1) is 21.7 Å². The maximum absolute atomic E-state index is 11.8. The van der Waals surface area contributed by atoms with Gasteiger partial charge >= 0.3 is 0 Å². The van der Waals surface area contributed by atoms with Gasteiger partial charge in [-0.25, -0.2) is 4.98 Å². The van der Waals surface area contributed by atoms with Crippen LogP contribution in [0.3, 0.4) is 0 Å². The SMILES string of the molecule is CCn1cnc2c(Br)cncc2c1=O. The van der Waals surface area contributed by atoms with Gasteiger partial charge in [0.1, 0.15) is 0 Å². The Morgan fingerprint density at radius 2 is 2.29 bits per heavy atom. The molecule has 0 aliphatic carbocycles. The third-order valence-corrected chi connectivity index (χ3v) is 2.61. The second-order valence-electron chi connectivity index (χ2n) is 2.85. The number of aryl methyl sites for hydroxylation is 1. The number of fused-ring (bicyclic) bond motifs is 1. The minimum Gasteiger partial charge on any atom is -0.299 e. The summed E-state index contributed by atoms with van der Waals surface area (Å²) >= 11 is 3.30. The first-order chi connectivity index (χ1) is 6.74. The summed E-state index contributed by atoms with van der Waals surface area (Å²) in [6.07, 6.45) is 4.72. The van der Waals surface area contributed by atoms with Crippen LogP contribution in [0.1, 0.15) is 6.92 Å². The molecule has 0 spiro atoms. The Balaban J connectivity index is 2.91. The van der Waals surface area contributed by atoms with Crippen molar-refractivity contribution in [3.63, 3.8) is 0 Å². The molecule has 0 saturated heterocycles. The first-order valence-corrected chi connectivity index (χ1v) is 5.02. The third kappa shape index (κ3) is 1.33. The van der Waals surface area contributed by atoms with Gasteiger partial charge in [0.15, 0.2) is 0 Å². The van der Waals surface area contributed by atoms with E-state index in [9.17, 15) is 4.79 Å². The van der Waals surface area contributed by atoms with E-state index in [0.717, 1.165) is 4.47 Å². The van der Waals surface area contributed by atoms with Crippen molar-refractivity contribution in [2.45, 2.75) is 13.5 Å². The maximum Gasteiger partial charge on any atom is 0.262 e. The van der Waals surface area contributed by atoms with E-state index < -0.39 is 0 Å². The quantitative estimate of drug-likeness (QED) is 0.776. The van der Waals surface area contributed by atoms with Crippen LogP contribution >= 0.6 is 15.9 Å². The van der Waals surface area contributed by atoms with E-state index in [0.29, 0.717) is 17.4 Å². The van der Waals surface area contributed by atoms with Crippen LogP contribution in [-0.4, -0.2) is 14.5 Å². The Kier molecular flexibility index (Phi) is 2.33. The van der Waals surface area contributed by atoms with Crippen LogP contribution < -0.4 is 5.56 Å². The standard InChI is InChI=1S/C9H8BrN3O/c1-2-13-5-12-8-6(9(13)14)3-11-4-7(8)10/h3-5H,2H2,1H3. The lowest BCUT2D eigenvalue weighted by Gasteiger charge is -2.03. The molecule has 0 aliphatic heterocycles. The zero-order chi connectivity index (χ0) is 10.1. The van der Waals surface area contributed by atoms with Gasteiger partial charge in [0.25, 0.3) is 5.56 Å². The van der Waals surface area contributed by atoms with E-state index in [-0.39, 0.29) is 5.56 Å². The van der Waals surface area contributed by atoms with Crippen molar-refractivity contribution in [2.75, 3.05) is 0 Å². The molecule has 0 unspecified atom stereocenters. The molecule has 0 atom stereocenters. The minimum absolute atomic E-state index is 0.0497. The maximum atomic E-state index is 11.8. The average molecular weight is 254 g/mol. The van der Waals surface area contributed by atoms with E-state index >= 15 is 0 Å². The molecule has 0 amide bonds. The van der Waals surface area contributed by atoms with E-state index in [1.54, 1.807) is 23.3 Å². The molecule has 14 heavy (non-hydrogen) atoms. The highest BCUT2D eigenvalue weighted by atomic mass is 79.9. The fraction of sp³-hybridized carbons (Fsp3) is 0.222. The zero-order valence-electron chi connectivity index (χ0n) is 7.57. The second-order valence-corrected chi connectivity index (χ2v) is 3.71. The molecule has 0 fully saturated rings. The van der Waals surface area contributed by atoms with Crippen molar-refractivity contribution >= 4 is 26.8 Å². The number of halogens is 1. The number of rotatable bonds is 1. The summed E-state index contributed by atoms with van der Waals surface area (Å²) in [5, 5.41) is 0.545. The lowest BCUT2D eigenvalue weighted by atomic mass is 10.3. The molecule has 0 saturated carbocycles. The first kappa shape index (κ1) is 9.33. The highest BCUT2D eigenvalue weighted by Gasteiger charge is 2.05. The molecule has 2 rings (SSSR count). The average Bonchev–Trinajstić information content (AvgIpc) is 2.20. The van der Waals surface area contributed by atoms with E-state index in [2.05, 4.69) is 25.9 Å². The molecular formula is C9H8BrN3O. The van der Waals surface area contributed by atoms with Gasteiger partial charge in [-0.05, 0) is 22.9 Å². The molecule has 2 aromatic rings. The predicted molar refractivity (Wildman–Crippen MR) is 57.2 cm³/mol. The van der Waals surface area contributed by atoms with Gasteiger partial charge < -0.3 is 0 Å². The van der Waals surface area contributed by atoms with Crippen LogP contribution in [0.5, 0.6) is 0 Å². The lowest BCUT2D eigenvalue weighted by molar-refractivity contribution is 0.717. The Bertz CT molecular complexity index is 535. The Morgan fingerprint density at radius 1 is 1.50 bits per heavy atom. The number of pyridine rings is 1. The fourth-order valence-electron chi connectivity index (χ4n) is 1.28. The number of aromatic nitrogens is 3. The van der Waals surface area contributed by atoms with Crippen LogP contribution in [0.25, 0.3) is 10.9 Å². The van der Waals surface area contributed by atoms with Crippen molar-refractivity contribution in [3.8, 4) is 0 Å². The molecule has 0 radical (unpaired) electrons. The minimum atomic E-state index is -0.0497. The van der Waals surface area contributed by atoms with Crippen molar-refractivity contribution in [3.05, 3.63) is 33.5 Å². The van der Waals surface area contributed by atoms with Crippen LogP contribution in [0.4, 0.5) is 0 Å². The summed E-state index contributed by atoms with van der Waals surface area (Å²) in [5.41, 5.74) is 0.612. The number of nitrogens with zero attached hydrogens (tertiary/aromatic N) is 3. The Hall–Kier alpha value is -1.23. The second kappa shape index (κ2) is 3.49. The number of hydrogen-bond donors (Lipinski definition) is 0. The van der Waals surface area contributed by atoms with E-state index in [1.807, 2.05) is 6.92 Å². The smallest absolute Gasteiger partial charge is 0.262 e. The summed E-state index contributed by atoms with van der Waals surface area (Å²) in [7, 11) is 0. The summed E-state index contributed by atoms with van der Waals surface area (Å²) in [5.74, 6) is 0. The van der Waals surface area contributed by atoms with Gasteiger partial charge in [-0.15, -0.1) is 0 Å². The molecule has 0 bridgehead atoms. The monoisotopic (exact) mass is 253 g/mol. The van der Waals surface area contributed by atoms with Gasteiger partial charge in [0, 0.05) is 18.9 Å². The highest BCUT2D eigenvalue weighted by Crippen LogP contribution is 2.16. The third-order valence-electron chi connectivity index (χ3n) is 2.03. The van der Waals surface area contributed by atoms with E-state index in [1.165, 1.54) is 0 Å². The lowest BCUT2D eigenvalue weighted by Crippen LogP contribution is -2.19. The molecule has 0 aliphatic rings. The fourth-order valence-corrected chi connectivity index (χ4v) is 1.71. The molecular weight excluding hydrogens is 246 g/mol. The summed E-state index contributed by atoms with van der Waals surface area (Å²) < 4.78 is 2.30. The summed E-state index contributed by atoms with van der Waals surface area (Å²) in [6.45, 7) is 2.52. The van der Waals surface area contributed by atoms with Gasteiger partial charge in [-0.2, -0.15) is 0 Å². The van der Waals surface area contributed by atoms with Crippen molar-refractivity contribution < 1.29 is 0 Å². The molecule has 2 heterocycles. The Morgan fingerprint density at radius 3 is 3.00 bits per heavy atom. The molecule has 0 N–H and O–H groups in total. The van der Waals surface area contributed by atoms with Gasteiger partial charge in [0.2, 0.25) is 0 Å². The van der Waals surface area contributed by atoms with Gasteiger partial charge in [-0.1, -0.05) is 0 Å². The molecule has 2 aromatic heterocycles. The largest absolute Gasteiger partial charge is 0.299 e. The molecule has 72 valence electrons. The molecule has 4 nitrogen and oxygen atoms in total. The van der Waals surface area contributed by atoms with Crippen LogP contribution in [0.2, 0.25) is 0 Å². The van der Waals surface area contributed by atoms with Crippen LogP contribution in [-0.2, 0) is 6.54 Å². The highest BCUT2D eigenvalue weighted by molar-refractivity contribution is 9.10. The van der Waals surface area contributed by atoms with Gasteiger partial charge in [-0.3, -0.25) is 14.3 Å². The Labute approximate surface area is 88.7 Å². The summed E-state index contributed by atoms with van der Waals surface area (Å²) in [4.78, 5) is 19.9. The van der Waals surface area contributed by atoms with Crippen molar-refractivity contribution in [2.24, 2.45) is 0 Å². The van der Waals surface area contributed by atoms with Crippen LogP contribution in [0, 0.1) is 0 Å². The molecule has 0 aromatic carbocycles. The topological polar surface area (TPSA) is 47.8 Å².